The van der Waals surface area contributed by atoms with Crippen molar-refractivity contribution in [1.82, 2.24) is 0 Å². The summed E-state index contributed by atoms with van der Waals surface area (Å²) in [5.41, 5.74) is 0.228. The molecule has 0 aromatic heterocycles. The normalized spacial score (nSPS) is 10.4. The van der Waals surface area contributed by atoms with Crippen molar-refractivity contribution in [2.45, 2.75) is 91.4 Å². The van der Waals surface area contributed by atoms with Gasteiger partial charge in [-0.05, 0) is 13.3 Å². The van der Waals surface area contributed by atoms with E-state index >= 15 is 0 Å². The quantitative estimate of drug-likeness (QED) is 0.301. The number of aliphatic imine (C=N–C) groups is 1. The molecule has 2 N–H and O–H groups in total. The second-order valence-electron chi connectivity index (χ2n) is 5.70. The van der Waals surface area contributed by atoms with Crippen LogP contribution in [0.1, 0.15) is 92.8 Å². The molecule has 0 radical (unpaired) electrons. The fourth-order valence-electron chi connectivity index (χ4n) is 1.91. The predicted molar refractivity (Wildman–Crippen MR) is 96.5 cm³/mol. The minimum absolute atomic E-state index is 0. The zero-order chi connectivity index (χ0) is 17.9. The maximum Gasteiger partial charge on any atom is 1.00 e. The Labute approximate surface area is 171 Å². The molecule has 0 spiro atoms. The standard InChI is InChI=1S/C15H29NO2.C3H6O2.Na.H/c1-3-4-5-6-7-8-9-10-11-12-13-16-14(2)15(17)18;1-2-3(4)5;;/h3-13H2,1-2H3,(H,17,18);2H2,1H3,(H,4,5);;/q;;+1;-1. The van der Waals surface area contributed by atoms with Crippen LogP contribution < -0.4 is 29.6 Å². The van der Waals surface area contributed by atoms with Gasteiger partial charge in [-0.3, -0.25) is 9.79 Å². The van der Waals surface area contributed by atoms with Crippen LogP contribution in [-0.2, 0) is 9.59 Å². The molecule has 0 atom stereocenters. The monoisotopic (exact) mass is 353 g/mol. The van der Waals surface area contributed by atoms with Crippen LogP contribution in [0.4, 0.5) is 0 Å². The van der Waals surface area contributed by atoms with Gasteiger partial charge in [-0.2, -0.15) is 0 Å². The van der Waals surface area contributed by atoms with E-state index in [1.165, 1.54) is 57.8 Å². The summed E-state index contributed by atoms with van der Waals surface area (Å²) in [6, 6.07) is 0. The summed E-state index contributed by atoms with van der Waals surface area (Å²) in [4.78, 5) is 23.9. The molecule has 24 heavy (non-hydrogen) atoms. The van der Waals surface area contributed by atoms with Gasteiger partial charge in [0.1, 0.15) is 5.71 Å². The number of carbonyl (C=O) groups is 2. The van der Waals surface area contributed by atoms with Gasteiger partial charge in [-0.25, -0.2) is 4.79 Å². The van der Waals surface area contributed by atoms with Gasteiger partial charge in [0.25, 0.3) is 0 Å². The van der Waals surface area contributed by atoms with Crippen LogP contribution in [0.3, 0.4) is 0 Å². The molecule has 0 saturated heterocycles. The molecule has 0 aliphatic carbocycles. The molecular weight excluding hydrogens is 317 g/mol. The van der Waals surface area contributed by atoms with Crippen LogP contribution >= 0.6 is 0 Å². The zero-order valence-corrected chi connectivity index (χ0v) is 18.1. The van der Waals surface area contributed by atoms with Crippen molar-refractivity contribution in [2.24, 2.45) is 4.99 Å². The summed E-state index contributed by atoms with van der Waals surface area (Å²) in [5.74, 6) is -1.65. The van der Waals surface area contributed by atoms with Gasteiger partial charge in [-0.1, -0.05) is 71.6 Å². The number of hydrogen-bond donors (Lipinski definition) is 2. The molecule has 0 heterocycles. The van der Waals surface area contributed by atoms with Gasteiger partial charge in [0.2, 0.25) is 0 Å². The maximum atomic E-state index is 10.5. The van der Waals surface area contributed by atoms with Gasteiger partial charge in [0.15, 0.2) is 0 Å². The van der Waals surface area contributed by atoms with Crippen molar-refractivity contribution in [3.63, 3.8) is 0 Å². The van der Waals surface area contributed by atoms with Gasteiger partial charge in [-0.15, -0.1) is 0 Å². The Morgan fingerprint density at radius 3 is 1.54 bits per heavy atom. The molecule has 0 unspecified atom stereocenters. The molecule has 0 saturated carbocycles. The SMILES string of the molecule is CCC(=O)O.CCCCCCCCCCCCN=C(C)C(=O)O.[H-].[Na+]. The molecule has 0 rings (SSSR count). The summed E-state index contributed by atoms with van der Waals surface area (Å²) >= 11 is 0. The number of rotatable bonds is 13. The Balaban J connectivity index is -0.000000276. The summed E-state index contributed by atoms with van der Waals surface area (Å²) in [7, 11) is 0. The van der Waals surface area contributed by atoms with Crippen LogP contribution in [0.15, 0.2) is 4.99 Å². The Hall–Kier alpha value is -0.390. The fourth-order valence-corrected chi connectivity index (χ4v) is 1.91. The average molecular weight is 353 g/mol. The van der Waals surface area contributed by atoms with Gasteiger partial charge >= 0.3 is 41.5 Å². The van der Waals surface area contributed by atoms with Crippen LogP contribution in [0.5, 0.6) is 0 Å². The van der Waals surface area contributed by atoms with Crippen LogP contribution in [0.2, 0.25) is 0 Å². The van der Waals surface area contributed by atoms with Gasteiger partial charge in [0.05, 0.1) is 0 Å². The van der Waals surface area contributed by atoms with E-state index in [-0.39, 0.29) is 43.1 Å². The van der Waals surface area contributed by atoms with E-state index in [0.717, 1.165) is 6.42 Å². The Bertz CT molecular complexity index is 339. The smallest absolute Gasteiger partial charge is 1.00 e. The number of carboxylic acid groups (broad SMARTS) is 2. The Morgan fingerprint density at radius 2 is 1.21 bits per heavy atom. The molecular formula is C18H36NNaO4. The van der Waals surface area contributed by atoms with Crippen molar-refractivity contribution >= 4 is 17.7 Å². The van der Waals surface area contributed by atoms with Crippen molar-refractivity contribution in [2.75, 3.05) is 6.54 Å². The van der Waals surface area contributed by atoms with Crippen molar-refractivity contribution in [3.8, 4) is 0 Å². The van der Waals surface area contributed by atoms with E-state index in [9.17, 15) is 9.59 Å². The summed E-state index contributed by atoms with van der Waals surface area (Å²) in [5, 5.41) is 16.3. The molecule has 0 aromatic rings. The fraction of sp³-hybridized carbons (Fsp3) is 0.833. The predicted octanol–water partition coefficient (Wildman–Crippen LogP) is 2.05. The number of hydrogen-bond acceptors (Lipinski definition) is 3. The first-order chi connectivity index (χ1) is 11.0. The summed E-state index contributed by atoms with van der Waals surface area (Å²) < 4.78 is 0. The van der Waals surface area contributed by atoms with Crippen molar-refractivity contribution in [3.05, 3.63) is 0 Å². The van der Waals surface area contributed by atoms with Crippen molar-refractivity contribution < 1.29 is 50.8 Å². The van der Waals surface area contributed by atoms with Crippen LogP contribution in [-0.4, -0.2) is 34.4 Å². The van der Waals surface area contributed by atoms with Gasteiger partial charge < -0.3 is 11.6 Å². The maximum absolute atomic E-state index is 10.5. The third-order valence-corrected chi connectivity index (χ3v) is 3.47. The third kappa shape index (κ3) is 26.5. The molecule has 0 aliphatic rings. The number of carboxylic acids is 2. The molecule has 0 aromatic carbocycles. The number of aliphatic carboxylic acids is 2. The molecule has 0 fully saturated rings. The second kappa shape index (κ2) is 22.6. The van der Waals surface area contributed by atoms with E-state index in [1.54, 1.807) is 13.8 Å². The molecule has 5 nitrogen and oxygen atoms in total. The van der Waals surface area contributed by atoms with E-state index in [0.29, 0.717) is 6.54 Å². The van der Waals surface area contributed by atoms with E-state index in [4.69, 9.17) is 10.2 Å². The molecule has 0 aliphatic heterocycles. The summed E-state index contributed by atoms with van der Waals surface area (Å²) in [6.07, 6.45) is 13.2. The number of unbranched alkanes of at least 4 members (excludes halogenated alkanes) is 9. The Morgan fingerprint density at radius 1 is 0.833 bits per heavy atom. The van der Waals surface area contributed by atoms with Gasteiger partial charge in [0, 0.05) is 13.0 Å². The molecule has 0 amide bonds. The number of nitrogens with zero attached hydrogens (tertiary/aromatic N) is 1. The van der Waals surface area contributed by atoms with E-state index in [2.05, 4.69) is 11.9 Å². The zero-order valence-electron chi connectivity index (χ0n) is 17.1. The van der Waals surface area contributed by atoms with Crippen LogP contribution in [0, 0.1) is 0 Å². The largest absolute Gasteiger partial charge is 1.00 e. The van der Waals surface area contributed by atoms with E-state index < -0.39 is 11.9 Å². The first-order valence-electron chi connectivity index (χ1n) is 8.91. The molecule has 6 heteroatoms. The minimum atomic E-state index is -0.901. The van der Waals surface area contributed by atoms with Crippen LogP contribution in [0.25, 0.3) is 0 Å². The Kier molecular flexibility index (Phi) is 26.8. The average Bonchev–Trinajstić information content (AvgIpc) is 2.52. The van der Waals surface area contributed by atoms with Crippen molar-refractivity contribution in [1.29, 1.82) is 0 Å². The molecule has 0 bridgehead atoms. The topological polar surface area (TPSA) is 87.0 Å². The van der Waals surface area contributed by atoms with E-state index in [1.807, 2.05) is 0 Å². The summed E-state index contributed by atoms with van der Waals surface area (Å²) in [6.45, 7) is 6.06. The third-order valence-electron chi connectivity index (χ3n) is 3.47. The molecule has 138 valence electrons. The minimum Gasteiger partial charge on any atom is -1.00 e. The first kappa shape index (κ1) is 28.4. The second-order valence-corrected chi connectivity index (χ2v) is 5.70. The first-order valence-corrected chi connectivity index (χ1v) is 8.91.